The van der Waals surface area contributed by atoms with Gasteiger partial charge in [0, 0.05) is 18.1 Å². The van der Waals surface area contributed by atoms with Crippen LogP contribution in [0.1, 0.15) is 41.0 Å². The van der Waals surface area contributed by atoms with E-state index in [-0.39, 0.29) is 23.8 Å². The molecule has 1 aliphatic heterocycles. The van der Waals surface area contributed by atoms with E-state index >= 15 is 0 Å². The maximum absolute atomic E-state index is 12.6. The lowest BCUT2D eigenvalue weighted by molar-refractivity contribution is -0.127. The van der Waals surface area contributed by atoms with Crippen molar-refractivity contribution in [1.82, 2.24) is 10.2 Å². The summed E-state index contributed by atoms with van der Waals surface area (Å²) < 4.78 is 0. The zero-order valence-corrected chi connectivity index (χ0v) is 15.6. The van der Waals surface area contributed by atoms with Gasteiger partial charge in [0.1, 0.15) is 0 Å². The highest BCUT2D eigenvalue weighted by molar-refractivity contribution is 7.12. The third-order valence-corrected chi connectivity index (χ3v) is 5.65. The predicted molar refractivity (Wildman–Crippen MR) is 101 cm³/mol. The Morgan fingerprint density at radius 3 is 2.72 bits per heavy atom. The molecule has 6 heteroatoms. The molecule has 25 heavy (non-hydrogen) atoms. The van der Waals surface area contributed by atoms with Crippen molar-refractivity contribution in [1.29, 1.82) is 0 Å². The van der Waals surface area contributed by atoms with E-state index in [4.69, 9.17) is 11.6 Å². The number of carbonyl (C=O) groups excluding carboxylic acids is 2. The fraction of sp³-hybridized carbons (Fsp3) is 0.368. The van der Waals surface area contributed by atoms with E-state index < -0.39 is 0 Å². The molecule has 0 saturated carbocycles. The summed E-state index contributed by atoms with van der Waals surface area (Å²) in [5.74, 6) is -0.128. The maximum atomic E-state index is 12.6. The van der Waals surface area contributed by atoms with Crippen LogP contribution < -0.4 is 5.32 Å². The first kappa shape index (κ1) is 18.0. The first-order valence-electron chi connectivity index (χ1n) is 8.43. The quantitative estimate of drug-likeness (QED) is 0.872. The number of benzene rings is 1. The number of nitrogens with one attached hydrogen (secondary N) is 1. The van der Waals surface area contributed by atoms with E-state index in [9.17, 15) is 9.59 Å². The summed E-state index contributed by atoms with van der Waals surface area (Å²) in [7, 11) is 0. The molecule has 0 bridgehead atoms. The molecule has 1 aliphatic rings. The Balaban J connectivity index is 1.60. The summed E-state index contributed by atoms with van der Waals surface area (Å²) in [5.41, 5.74) is 1.01. The van der Waals surface area contributed by atoms with Gasteiger partial charge in [-0.15, -0.1) is 11.3 Å². The molecule has 0 aliphatic carbocycles. The molecule has 0 radical (unpaired) electrons. The molecule has 4 nitrogen and oxygen atoms in total. The lowest BCUT2D eigenvalue weighted by Gasteiger charge is -2.32. The molecule has 2 amide bonds. The SMILES string of the molecule is C[C@H](NC(=O)[C@@H]1CCCN(C(=O)c2cccs2)C1)c1ccc(Cl)cc1. The number of rotatable bonds is 4. The molecule has 132 valence electrons. The molecule has 1 fully saturated rings. The molecule has 0 spiro atoms. The number of amides is 2. The number of halogens is 1. The molecule has 1 aromatic carbocycles. The highest BCUT2D eigenvalue weighted by Gasteiger charge is 2.29. The Bertz CT molecular complexity index is 730. The summed E-state index contributed by atoms with van der Waals surface area (Å²) >= 11 is 7.35. The largest absolute Gasteiger partial charge is 0.349 e. The fourth-order valence-corrected chi connectivity index (χ4v) is 3.91. The van der Waals surface area contributed by atoms with Crippen molar-refractivity contribution >= 4 is 34.8 Å². The molecule has 1 saturated heterocycles. The summed E-state index contributed by atoms with van der Waals surface area (Å²) in [6.07, 6.45) is 1.66. The van der Waals surface area contributed by atoms with Crippen molar-refractivity contribution in [2.24, 2.45) is 5.92 Å². The van der Waals surface area contributed by atoms with Crippen LogP contribution in [-0.2, 0) is 4.79 Å². The maximum Gasteiger partial charge on any atom is 0.263 e. The van der Waals surface area contributed by atoms with Gasteiger partial charge in [-0.3, -0.25) is 9.59 Å². The normalized spacial score (nSPS) is 18.6. The van der Waals surface area contributed by atoms with Gasteiger partial charge in [-0.1, -0.05) is 29.8 Å². The Morgan fingerprint density at radius 1 is 1.28 bits per heavy atom. The summed E-state index contributed by atoms with van der Waals surface area (Å²) in [5, 5.41) is 5.64. The number of thiophene rings is 1. The van der Waals surface area contributed by atoms with Crippen LogP contribution in [0.5, 0.6) is 0 Å². The highest BCUT2D eigenvalue weighted by atomic mass is 35.5. The average Bonchev–Trinajstić information content (AvgIpc) is 3.16. The van der Waals surface area contributed by atoms with Crippen LogP contribution in [-0.4, -0.2) is 29.8 Å². The zero-order chi connectivity index (χ0) is 17.8. The lowest BCUT2D eigenvalue weighted by atomic mass is 9.96. The number of hydrogen-bond acceptors (Lipinski definition) is 3. The second kappa shape index (κ2) is 8.02. The first-order valence-corrected chi connectivity index (χ1v) is 9.69. The predicted octanol–water partition coefficient (Wildman–Crippen LogP) is 4.13. The van der Waals surface area contributed by atoms with Crippen molar-refractivity contribution in [3.05, 3.63) is 57.2 Å². The lowest BCUT2D eigenvalue weighted by Crippen LogP contribution is -2.45. The molecule has 1 aromatic heterocycles. The Morgan fingerprint density at radius 2 is 2.04 bits per heavy atom. The van der Waals surface area contributed by atoms with Crippen LogP contribution >= 0.6 is 22.9 Å². The monoisotopic (exact) mass is 376 g/mol. The van der Waals surface area contributed by atoms with E-state index in [1.165, 1.54) is 11.3 Å². The Kier molecular flexibility index (Phi) is 5.76. The second-order valence-electron chi connectivity index (χ2n) is 6.35. The number of likely N-dealkylation sites (tertiary alicyclic amines) is 1. The minimum atomic E-state index is -0.160. The van der Waals surface area contributed by atoms with Crippen molar-refractivity contribution in [2.45, 2.75) is 25.8 Å². The molecule has 1 N–H and O–H groups in total. The van der Waals surface area contributed by atoms with Crippen molar-refractivity contribution in [3.63, 3.8) is 0 Å². The molecule has 3 rings (SSSR count). The summed E-state index contributed by atoms with van der Waals surface area (Å²) in [6.45, 7) is 3.15. The minimum absolute atomic E-state index is 0.00568. The van der Waals surface area contributed by atoms with Crippen molar-refractivity contribution in [2.75, 3.05) is 13.1 Å². The van der Waals surface area contributed by atoms with Crippen LogP contribution in [0.4, 0.5) is 0 Å². The van der Waals surface area contributed by atoms with Gasteiger partial charge in [-0.05, 0) is 48.9 Å². The third-order valence-electron chi connectivity index (χ3n) is 4.54. The van der Waals surface area contributed by atoms with Crippen LogP contribution in [0.3, 0.4) is 0 Å². The van der Waals surface area contributed by atoms with E-state index in [1.807, 2.05) is 48.7 Å². The van der Waals surface area contributed by atoms with Gasteiger partial charge < -0.3 is 10.2 Å². The van der Waals surface area contributed by atoms with Crippen LogP contribution in [0, 0.1) is 5.92 Å². The summed E-state index contributed by atoms with van der Waals surface area (Å²) in [4.78, 5) is 27.7. The number of nitrogens with zero attached hydrogens (tertiary/aromatic N) is 1. The Labute approximate surface area is 156 Å². The molecule has 2 heterocycles. The second-order valence-corrected chi connectivity index (χ2v) is 7.73. The van der Waals surface area contributed by atoms with E-state index in [1.54, 1.807) is 4.90 Å². The van der Waals surface area contributed by atoms with Gasteiger partial charge in [0.05, 0.1) is 16.8 Å². The van der Waals surface area contributed by atoms with E-state index in [0.29, 0.717) is 18.1 Å². The average molecular weight is 377 g/mol. The number of piperidine rings is 1. The molecular formula is C19H21ClN2O2S. The molecule has 2 atom stereocenters. The van der Waals surface area contributed by atoms with Crippen LogP contribution in [0.15, 0.2) is 41.8 Å². The summed E-state index contributed by atoms with van der Waals surface area (Å²) in [6, 6.07) is 11.1. The fourth-order valence-electron chi connectivity index (χ4n) is 3.10. The van der Waals surface area contributed by atoms with Gasteiger partial charge in [-0.25, -0.2) is 0 Å². The van der Waals surface area contributed by atoms with Crippen LogP contribution in [0.2, 0.25) is 5.02 Å². The molecular weight excluding hydrogens is 356 g/mol. The standard InChI is InChI=1S/C19H21ClN2O2S/c1-13(14-6-8-16(20)9-7-14)21-18(23)15-4-2-10-22(12-15)19(24)17-5-3-11-25-17/h3,5-9,11,13,15H,2,4,10,12H2,1H3,(H,21,23)/t13-,15+/m0/s1. The smallest absolute Gasteiger partial charge is 0.263 e. The van der Waals surface area contributed by atoms with Gasteiger partial charge in [0.2, 0.25) is 5.91 Å². The number of hydrogen-bond donors (Lipinski definition) is 1. The Hall–Kier alpha value is -1.85. The topological polar surface area (TPSA) is 49.4 Å². The third kappa shape index (κ3) is 4.41. The van der Waals surface area contributed by atoms with Gasteiger partial charge in [0.25, 0.3) is 5.91 Å². The van der Waals surface area contributed by atoms with E-state index in [0.717, 1.165) is 23.3 Å². The molecule has 0 unspecified atom stereocenters. The van der Waals surface area contributed by atoms with Gasteiger partial charge >= 0.3 is 0 Å². The molecule has 2 aromatic rings. The zero-order valence-electron chi connectivity index (χ0n) is 14.1. The minimum Gasteiger partial charge on any atom is -0.349 e. The van der Waals surface area contributed by atoms with Crippen molar-refractivity contribution in [3.8, 4) is 0 Å². The van der Waals surface area contributed by atoms with Gasteiger partial charge in [-0.2, -0.15) is 0 Å². The van der Waals surface area contributed by atoms with Gasteiger partial charge in [0.15, 0.2) is 0 Å². The van der Waals surface area contributed by atoms with Crippen LogP contribution in [0.25, 0.3) is 0 Å². The number of carbonyl (C=O) groups is 2. The highest BCUT2D eigenvalue weighted by Crippen LogP contribution is 2.22. The van der Waals surface area contributed by atoms with Crippen molar-refractivity contribution < 1.29 is 9.59 Å². The van der Waals surface area contributed by atoms with E-state index in [2.05, 4.69) is 5.32 Å². The first-order chi connectivity index (χ1) is 12.0.